The van der Waals surface area contributed by atoms with Crippen LogP contribution in [0.5, 0.6) is 0 Å². The van der Waals surface area contributed by atoms with E-state index >= 15 is 4.39 Å². The SMILES string of the molecule is CC(C)(C)OC(=O)N1C2CCC(CC2)C1C(=O)NC(C#N)Cc1ccc(-c2ccc(C#N)c(S(C)(=O)=O)c2)cc1F. The van der Waals surface area contributed by atoms with Crippen LogP contribution in [0.2, 0.25) is 0 Å². The minimum absolute atomic E-state index is 0.00244. The molecule has 2 amide bonds. The van der Waals surface area contributed by atoms with Crippen molar-refractivity contribution in [3.8, 4) is 23.3 Å². The van der Waals surface area contributed by atoms with E-state index in [0.29, 0.717) is 11.1 Å². The quantitative estimate of drug-likeness (QED) is 0.531. The van der Waals surface area contributed by atoms with Gasteiger partial charge in [-0.25, -0.2) is 17.6 Å². The summed E-state index contributed by atoms with van der Waals surface area (Å²) in [6.45, 7) is 5.29. The monoisotopic (exact) mass is 580 g/mol. The Morgan fingerprint density at radius 1 is 1.10 bits per heavy atom. The van der Waals surface area contributed by atoms with Gasteiger partial charge in [0, 0.05) is 18.7 Å². The molecule has 3 fully saturated rings. The third-order valence-electron chi connectivity index (χ3n) is 7.54. The smallest absolute Gasteiger partial charge is 0.411 e. The molecule has 2 aromatic carbocycles. The minimum atomic E-state index is -3.68. The van der Waals surface area contributed by atoms with Gasteiger partial charge in [-0.05, 0) is 87.3 Å². The van der Waals surface area contributed by atoms with E-state index in [4.69, 9.17) is 4.74 Å². The van der Waals surface area contributed by atoms with E-state index in [1.165, 1.54) is 35.2 Å². The number of nitrogens with zero attached hydrogens (tertiary/aromatic N) is 3. The van der Waals surface area contributed by atoms with Gasteiger partial charge in [-0.3, -0.25) is 9.69 Å². The van der Waals surface area contributed by atoms with Crippen LogP contribution in [-0.4, -0.2) is 55.3 Å². The lowest BCUT2D eigenvalue weighted by Gasteiger charge is -2.50. The summed E-state index contributed by atoms with van der Waals surface area (Å²) in [5.41, 5.74) is 0.265. The number of hydrogen-bond donors (Lipinski definition) is 1. The number of rotatable bonds is 6. The van der Waals surface area contributed by atoms with Crippen molar-refractivity contribution in [2.24, 2.45) is 5.92 Å². The number of carbonyl (C=O) groups excluding carboxylic acids is 2. The van der Waals surface area contributed by atoms with E-state index in [2.05, 4.69) is 5.32 Å². The fraction of sp³-hybridized carbons (Fsp3) is 0.467. The van der Waals surface area contributed by atoms with Crippen molar-refractivity contribution < 1.29 is 27.1 Å². The van der Waals surface area contributed by atoms with E-state index in [-0.39, 0.29) is 34.4 Å². The fourth-order valence-electron chi connectivity index (χ4n) is 5.67. The molecule has 2 aliphatic heterocycles. The summed E-state index contributed by atoms with van der Waals surface area (Å²) in [6.07, 6.45) is 3.51. The first kappa shape index (κ1) is 30.0. The van der Waals surface area contributed by atoms with Gasteiger partial charge in [0.1, 0.15) is 29.6 Å². The van der Waals surface area contributed by atoms with Gasteiger partial charge in [0.05, 0.1) is 16.5 Å². The summed E-state index contributed by atoms with van der Waals surface area (Å²) < 4.78 is 45.0. The maximum absolute atomic E-state index is 15.2. The molecule has 2 saturated heterocycles. The summed E-state index contributed by atoms with van der Waals surface area (Å²) >= 11 is 0. The lowest BCUT2D eigenvalue weighted by atomic mass is 9.74. The Bertz CT molecular complexity index is 1550. The molecule has 0 aromatic heterocycles. The van der Waals surface area contributed by atoms with Crippen LogP contribution in [0.25, 0.3) is 11.1 Å². The van der Waals surface area contributed by atoms with Crippen LogP contribution >= 0.6 is 0 Å². The Hall–Kier alpha value is -3.96. The molecule has 41 heavy (non-hydrogen) atoms. The van der Waals surface area contributed by atoms with E-state index in [0.717, 1.165) is 31.9 Å². The van der Waals surface area contributed by atoms with Crippen molar-refractivity contribution in [3.63, 3.8) is 0 Å². The predicted molar refractivity (Wildman–Crippen MR) is 149 cm³/mol. The van der Waals surface area contributed by atoms with Crippen molar-refractivity contribution in [2.75, 3.05) is 6.26 Å². The van der Waals surface area contributed by atoms with E-state index in [9.17, 15) is 28.5 Å². The van der Waals surface area contributed by atoms with Crippen molar-refractivity contribution in [2.45, 2.75) is 81.5 Å². The molecule has 5 rings (SSSR count). The van der Waals surface area contributed by atoms with Crippen LogP contribution in [0.3, 0.4) is 0 Å². The zero-order valence-corrected chi connectivity index (χ0v) is 24.3. The number of fused-ring (bicyclic) bond motifs is 3. The van der Waals surface area contributed by atoms with Crippen LogP contribution in [0.1, 0.15) is 57.6 Å². The Labute approximate surface area is 239 Å². The molecular formula is C30H33FN4O5S. The molecule has 1 N–H and O–H groups in total. The van der Waals surface area contributed by atoms with Gasteiger partial charge in [0.15, 0.2) is 9.84 Å². The van der Waals surface area contributed by atoms with Crippen LogP contribution in [0, 0.1) is 34.4 Å². The molecule has 3 aliphatic rings. The first-order valence-electron chi connectivity index (χ1n) is 13.5. The molecule has 0 spiro atoms. The second-order valence-electron chi connectivity index (χ2n) is 11.7. The summed E-state index contributed by atoms with van der Waals surface area (Å²) in [5, 5.41) is 21.7. The average Bonchev–Trinajstić information content (AvgIpc) is 2.91. The molecule has 9 nitrogen and oxygen atoms in total. The van der Waals surface area contributed by atoms with Gasteiger partial charge in [-0.2, -0.15) is 10.5 Å². The molecule has 2 heterocycles. The first-order chi connectivity index (χ1) is 19.2. The second-order valence-corrected chi connectivity index (χ2v) is 13.7. The molecule has 1 aliphatic carbocycles. The van der Waals surface area contributed by atoms with Crippen molar-refractivity contribution in [1.29, 1.82) is 10.5 Å². The third kappa shape index (κ3) is 6.68. The van der Waals surface area contributed by atoms with Gasteiger partial charge in [0.25, 0.3) is 0 Å². The fourth-order valence-corrected chi connectivity index (χ4v) is 6.52. The average molecular weight is 581 g/mol. The highest BCUT2D eigenvalue weighted by Gasteiger charge is 2.49. The lowest BCUT2D eigenvalue weighted by Crippen LogP contribution is -2.64. The maximum Gasteiger partial charge on any atom is 0.411 e. The highest BCUT2D eigenvalue weighted by atomic mass is 32.2. The Morgan fingerprint density at radius 3 is 2.29 bits per heavy atom. The second kappa shape index (κ2) is 11.5. The minimum Gasteiger partial charge on any atom is -0.444 e. The summed E-state index contributed by atoms with van der Waals surface area (Å²) in [5.74, 6) is -1.14. The van der Waals surface area contributed by atoms with Gasteiger partial charge in [-0.15, -0.1) is 0 Å². The largest absolute Gasteiger partial charge is 0.444 e. The Kier molecular flexibility index (Phi) is 8.41. The number of ether oxygens (including phenoxy) is 1. The number of hydrogen-bond acceptors (Lipinski definition) is 7. The number of piperidine rings is 2. The number of carbonyl (C=O) groups is 2. The van der Waals surface area contributed by atoms with Crippen molar-refractivity contribution >= 4 is 21.8 Å². The number of sulfone groups is 1. The van der Waals surface area contributed by atoms with Gasteiger partial charge in [-0.1, -0.05) is 18.2 Å². The Balaban J connectivity index is 1.51. The highest BCUT2D eigenvalue weighted by Crippen LogP contribution is 2.40. The van der Waals surface area contributed by atoms with E-state index < -0.39 is 45.3 Å². The Morgan fingerprint density at radius 2 is 1.73 bits per heavy atom. The maximum atomic E-state index is 15.2. The van der Waals surface area contributed by atoms with E-state index in [1.54, 1.807) is 26.8 Å². The molecule has 216 valence electrons. The van der Waals surface area contributed by atoms with Gasteiger partial charge < -0.3 is 10.1 Å². The van der Waals surface area contributed by atoms with E-state index in [1.807, 2.05) is 12.1 Å². The molecule has 2 bridgehead atoms. The van der Waals surface area contributed by atoms with Crippen LogP contribution in [0.4, 0.5) is 9.18 Å². The number of amides is 2. The molecule has 0 radical (unpaired) electrons. The highest BCUT2D eigenvalue weighted by molar-refractivity contribution is 7.90. The molecular weight excluding hydrogens is 547 g/mol. The van der Waals surface area contributed by atoms with Crippen LogP contribution in [0.15, 0.2) is 41.3 Å². The standard InChI is InChI=1S/C30H33FN4O5S/c1-30(2,3)40-29(37)35-24-11-9-18(10-12-24)27(35)28(36)34-23(17-33)13-21-7-5-19(14-25(21)31)20-6-8-22(16-32)26(15-20)41(4,38)39/h5-8,14-15,18,23-24,27H,9-13H2,1-4H3,(H,34,36). The predicted octanol–water partition coefficient (Wildman–Crippen LogP) is 4.50. The molecule has 2 atom stereocenters. The molecule has 11 heteroatoms. The number of halogens is 1. The zero-order chi connectivity index (χ0) is 30.1. The summed E-state index contributed by atoms with van der Waals surface area (Å²) in [6, 6.07) is 10.5. The molecule has 2 unspecified atom stereocenters. The number of nitriles is 2. The molecule has 1 saturated carbocycles. The van der Waals surface area contributed by atoms with Gasteiger partial charge in [0.2, 0.25) is 5.91 Å². The third-order valence-corrected chi connectivity index (χ3v) is 8.67. The number of nitrogens with one attached hydrogen (secondary N) is 1. The number of benzene rings is 2. The zero-order valence-electron chi connectivity index (χ0n) is 23.5. The normalized spacial score (nSPS) is 21.0. The van der Waals surface area contributed by atoms with Crippen molar-refractivity contribution in [3.05, 3.63) is 53.3 Å². The first-order valence-corrected chi connectivity index (χ1v) is 15.4. The van der Waals surface area contributed by atoms with Crippen LogP contribution < -0.4 is 5.32 Å². The summed E-state index contributed by atoms with van der Waals surface area (Å²) in [7, 11) is -3.68. The summed E-state index contributed by atoms with van der Waals surface area (Å²) in [4.78, 5) is 27.8. The topological polar surface area (TPSA) is 140 Å². The van der Waals surface area contributed by atoms with Crippen molar-refractivity contribution in [1.82, 2.24) is 10.2 Å². The van der Waals surface area contributed by atoms with Gasteiger partial charge >= 0.3 is 6.09 Å². The van der Waals surface area contributed by atoms with Crippen LogP contribution in [-0.2, 0) is 25.8 Å². The molecule has 2 aromatic rings. The lowest BCUT2D eigenvalue weighted by molar-refractivity contribution is -0.135.